The van der Waals surface area contributed by atoms with Crippen molar-refractivity contribution < 1.29 is 4.79 Å². The summed E-state index contributed by atoms with van der Waals surface area (Å²) in [7, 11) is 0. The zero-order valence-electron chi connectivity index (χ0n) is 12.5. The molecular weight excluding hydrogens is 262 g/mol. The highest BCUT2D eigenvalue weighted by atomic mass is 16.1. The smallest absolute Gasteiger partial charge is 0.259 e. The van der Waals surface area contributed by atoms with E-state index in [0.717, 1.165) is 17.8 Å². The molecule has 21 heavy (non-hydrogen) atoms. The van der Waals surface area contributed by atoms with Crippen LogP contribution in [0.25, 0.3) is 0 Å². The maximum atomic E-state index is 12.2. The lowest BCUT2D eigenvalue weighted by molar-refractivity contribution is 0.102. The monoisotopic (exact) mass is 283 g/mol. The molecular formula is C17H21N3O. The Morgan fingerprint density at radius 2 is 2.00 bits per heavy atom. The summed E-state index contributed by atoms with van der Waals surface area (Å²) >= 11 is 0. The number of nitrogens with one attached hydrogen (secondary N) is 1. The fourth-order valence-corrected chi connectivity index (χ4v) is 2.10. The highest BCUT2D eigenvalue weighted by molar-refractivity contribution is 6.07. The summed E-state index contributed by atoms with van der Waals surface area (Å²) in [5, 5.41) is 2.84. The van der Waals surface area contributed by atoms with Crippen LogP contribution in [0.3, 0.4) is 0 Å². The van der Waals surface area contributed by atoms with Gasteiger partial charge in [-0.1, -0.05) is 25.5 Å². The first kappa shape index (κ1) is 15.0. The lowest BCUT2D eigenvalue weighted by atomic mass is 10.1. The van der Waals surface area contributed by atoms with Crippen LogP contribution in [0.4, 0.5) is 11.4 Å². The number of carbonyl (C=O) groups excluding carboxylic acids is 1. The molecule has 0 atom stereocenters. The Hall–Kier alpha value is -2.36. The summed E-state index contributed by atoms with van der Waals surface area (Å²) in [6, 6.07) is 9.62. The predicted octanol–water partition coefficient (Wildman–Crippen LogP) is 3.57. The van der Waals surface area contributed by atoms with E-state index in [4.69, 9.17) is 5.73 Å². The van der Waals surface area contributed by atoms with E-state index in [0.29, 0.717) is 11.3 Å². The molecule has 0 aliphatic heterocycles. The topological polar surface area (TPSA) is 68.0 Å². The van der Waals surface area contributed by atoms with Crippen LogP contribution in [0.5, 0.6) is 0 Å². The van der Waals surface area contributed by atoms with Crippen LogP contribution in [0.15, 0.2) is 36.5 Å². The molecule has 110 valence electrons. The van der Waals surface area contributed by atoms with Crippen LogP contribution in [-0.2, 0) is 6.42 Å². The minimum Gasteiger partial charge on any atom is -0.398 e. The van der Waals surface area contributed by atoms with Crippen molar-refractivity contribution in [3.8, 4) is 0 Å². The van der Waals surface area contributed by atoms with Gasteiger partial charge in [-0.05, 0) is 43.5 Å². The SMILES string of the molecule is CCCCc1ccc(NC(=O)c2cnc(C)cc2N)cc1. The van der Waals surface area contributed by atoms with Gasteiger partial charge in [0.1, 0.15) is 0 Å². The van der Waals surface area contributed by atoms with Gasteiger partial charge < -0.3 is 11.1 Å². The van der Waals surface area contributed by atoms with E-state index in [1.54, 1.807) is 6.07 Å². The summed E-state index contributed by atoms with van der Waals surface area (Å²) in [6.07, 6.45) is 4.94. The maximum Gasteiger partial charge on any atom is 0.259 e. The number of nitrogens with zero attached hydrogens (tertiary/aromatic N) is 1. The second-order valence-corrected chi connectivity index (χ2v) is 5.17. The van der Waals surface area contributed by atoms with E-state index in [-0.39, 0.29) is 5.91 Å². The number of hydrogen-bond acceptors (Lipinski definition) is 3. The number of nitrogens with two attached hydrogens (primary N) is 1. The van der Waals surface area contributed by atoms with Gasteiger partial charge in [0.05, 0.1) is 5.56 Å². The maximum absolute atomic E-state index is 12.2. The zero-order chi connectivity index (χ0) is 15.2. The molecule has 0 spiro atoms. The predicted molar refractivity (Wildman–Crippen MR) is 86.4 cm³/mol. The highest BCUT2D eigenvalue weighted by Crippen LogP contribution is 2.16. The number of benzene rings is 1. The first-order valence-corrected chi connectivity index (χ1v) is 7.22. The molecule has 2 aromatic rings. The van der Waals surface area contributed by atoms with E-state index in [1.165, 1.54) is 24.6 Å². The minimum absolute atomic E-state index is 0.235. The van der Waals surface area contributed by atoms with Crippen LogP contribution in [0, 0.1) is 6.92 Å². The van der Waals surface area contributed by atoms with Crippen molar-refractivity contribution in [2.45, 2.75) is 33.1 Å². The molecule has 1 aromatic heterocycles. The fraction of sp³-hybridized carbons (Fsp3) is 0.294. The largest absolute Gasteiger partial charge is 0.398 e. The summed E-state index contributed by atoms with van der Waals surface area (Å²) < 4.78 is 0. The summed E-state index contributed by atoms with van der Waals surface area (Å²) in [5.74, 6) is -0.235. The molecule has 3 N–H and O–H groups in total. The Morgan fingerprint density at radius 1 is 1.29 bits per heavy atom. The third-order valence-electron chi connectivity index (χ3n) is 3.35. The van der Waals surface area contributed by atoms with Gasteiger partial charge >= 0.3 is 0 Å². The second kappa shape index (κ2) is 6.88. The molecule has 2 rings (SSSR count). The van der Waals surface area contributed by atoms with Gasteiger partial charge in [-0.15, -0.1) is 0 Å². The normalized spacial score (nSPS) is 10.4. The van der Waals surface area contributed by atoms with E-state index in [2.05, 4.69) is 17.2 Å². The van der Waals surface area contributed by atoms with Gasteiger partial charge in [-0.25, -0.2) is 0 Å². The molecule has 1 aromatic carbocycles. The van der Waals surface area contributed by atoms with Gasteiger partial charge in [0.25, 0.3) is 5.91 Å². The van der Waals surface area contributed by atoms with Crippen LogP contribution < -0.4 is 11.1 Å². The van der Waals surface area contributed by atoms with Gasteiger partial charge in [-0.3, -0.25) is 9.78 Å². The number of anilines is 2. The molecule has 1 amide bonds. The molecule has 0 saturated carbocycles. The third-order valence-corrected chi connectivity index (χ3v) is 3.35. The molecule has 0 saturated heterocycles. The molecule has 0 aliphatic carbocycles. The Kier molecular flexibility index (Phi) is 4.93. The Bertz CT molecular complexity index is 620. The molecule has 0 radical (unpaired) electrons. The zero-order valence-corrected chi connectivity index (χ0v) is 12.5. The summed E-state index contributed by atoms with van der Waals surface area (Å²) in [4.78, 5) is 16.3. The van der Waals surface area contributed by atoms with Crippen LogP contribution >= 0.6 is 0 Å². The van der Waals surface area contributed by atoms with E-state index in [1.807, 2.05) is 31.2 Å². The van der Waals surface area contributed by atoms with Crippen molar-refractivity contribution in [3.05, 3.63) is 53.3 Å². The standard InChI is InChI=1S/C17H21N3O/c1-3-4-5-13-6-8-14(9-7-13)20-17(21)15-11-19-12(2)10-16(15)18/h6-11H,3-5H2,1-2H3,(H2,18,19)(H,20,21). The van der Waals surface area contributed by atoms with Crippen LogP contribution in [0.2, 0.25) is 0 Å². The van der Waals surface area contributed by atoms with Crippen LogP contribution in [-0.4, -0.2) is 10.9 Å². The third kappa shape index (κ3) is 4.05. The summed E-state index contributed by atoms with van der Waals surface area (Å²) in [6.45, 7) is 4.02. The molecule has 0 bridgehead atoms. The van der Waals surface area contributed by atoms with Crippen molar-refractivity contribution in [2.24, 2.45) is 0 Å². The average molecular weight is 283 g/mol. The number of pyridine rings is 1. The van der Waals surface area contributed by atoms with Gasteiger partial charge in [-0.2, -0.15) is 0 Å². The second-order valence-electron chi connectivity index (χ2n) is 5.17. The Morgan fingerprint density at radius 3 is 2.62 bits per heavy atom. The number of carbonyl (C=O) groups is 1. The van der Waals surface area contributed by atoms with Crippen LogP contribution in [0.1, 0.15) is 41.4 Å². The van der Waals surface area contributed by atoms with Crippen molar-refractivity contribution >= 4 is 17.3 Å². The lowest BCUT2D eigenvalue weighted by Gasteiger charge is -2.08. The van der Waals surface area contributed by atoms with Crippen molar-refractivity contribution in [1.29, 1.82) is 0 Å². The average Bonchev–Trinajstić information content (AvgIpc) is 2.46. The first-order valence-electron chi connectivity index (χ1n) is 7.22. The van der Waals surface area contributed by atoms with Crippen molar-refractivity contribution in [3.63, 3.8) is 0 Å². The van der Waals surface area contributed by atoms with Crippen molar-refractivity contribution in [2.75, 3.05) is 11.1 Å². The molecule has 4 nitrogen and oxygen atoms in total. The highest BCUT2D eigenvalue weighted by Gasteiger charge is 2.10. The fourth-order valence-electron chi connectivity index (χ4n) is 2.10. The molecule has 1 heterocycles. The van der Waals surface area contributed by atoms with Gasteiger partial charge in [0.15, 0.2) is 0 Å². The minimum atomic E-state index is -0.235. The number of hydrogen-bond donors (Lipinski definition) is 2. The molecule has 0 fully saturated rings. The van der Waals surface area contributed by atoms with Gasteiger partial charge in [0.2, 0.25) is 0 Å². The molecule has 0 aliphatic rings. The quantitative estimate of drug-likeness (QED) is 0.881. The number of unbranched alkanes of at least 4 members (excludes halogenated alkanes) is 1. The number of aromatic nitrogens is 1. The van der Waals surface area contributed by atoms with Gasteiger partial charge in [0, 0.05) is 23.3 Å². The number of rotatable bonds is 5. The number of amides is 1. The first-order chi connectivity index (χ1) is 10.1. The number of aryl methyl sites for hydroxylation is 2. The lowest BCUT2D eigenvalue weighted by Crippen LogP contribution is -2.14. The number of nitrogen functional groups attached to an aromatic ring is 1. The molecule has 0 unspecified atom stereocenters. The molecule has 4 heteroatoms. The van der Waals surface area contributed by atoms with E-state index in [9.17, 15) is 4.79 Å². The van der Waals surface area contributed by atoms with E-state index < -0.39 is 0 Å². The summed E-state index contributed by atoms with van der Waals surface area (Å²) in [5.41, 5.74) is 9.54. The van der Waals surface area contributed by atoms with Crippen molar-refractivity contribution in [1.82, 2.24) is 4.98 Å². The Balaban J connectivity index is 2.05. The van der Waals surface area contributed by atoms with E-state index >= 15 is 0 Å². The Labute approximate surface area is 125 Å².